The fourth-order valence-corrected chi connectivity index (χ4v) is 2.02. The predicted octanol–water partition coefficient (Wildman–Crippen LogP) is 1.95. The molecule has 0 saturated heterocycles. The molecule has 0 heterocycles. The van der Waals surface area contributed by atoms with E-state index in [0.29, 0.717) is 18.8 Å². The Morgan fingerprint density at radius 1 is 1.00 bits per heavy atom. The molecule has 0 unspecified atom stereocenters. The van der Waals surface area contributed by atoms with Gasteiger partial charge >= 0.3 is 11.8 Å². The van der Waals surface area contributed by atoms with Crippen LogP contribution < -0.4 is 11.1 Å². The maximum atomic E-state index is 12.2. The fraction of sp³-hybridized carbons (Fsp3) is 0.471. The van der Waals surface area contributed by atoms with Gasteiger partial charge in [0.1, 0.15) is 0 Å². The highest BCUT2D eigenvalue weighted by Crippen LogP contribution is 2.05. The Bertz CT molecular complexity index is 533. The van der Waals surface area contributed by atoms with Gasteiger partial charge in [0.05, 0.1) is 0 Å². The van der Waals surface area contributed by atoms with E-state index in [1.807, 2.05) is 13.8 Å². The van der Waals surface area contributed by atoms with Crippen molar-refractivity contribution in [2.24, 2.45) is 0 Å². The van der Waals surface area contributed by atoms with Crippen molar-refractivity contribution in [3.63, 3.8) is 0 Å². The SMILES string of the molecule is CCCCN(CCCC)C(=O)C(=O)NC(=O)c1ccc(N)cc1. The second-order valence-corrected chi connectivity index (χ2v) is 5.40. The van der Waals surface area contributed by atoms with E-state index in [0.717, 1.165) is 25.7 Å². The molecule has 0 radical (unpaired) electrons. The molecule has 0 saturated carbocycles. The number of hydrogen-bond acceptors (Lipinski definition) is 4. The van der Waals surface area contributed by atoms with E-state index < -0.39 is 17.7 Å². The zero-order valence-corrected chi connectivity index (χ0v) is 13.8. The first-order valence-corrected chi connectivity index (χ1v) is 7.99. The van der Waals surface area contributed by atoms with Gasteiger partial charge in [0.15, 0.2) is 0 Å². The number of nitrogens with zero attached hydrogens (tertiary/aromatic N) is 1. The van der Waals surface area contributed by atoms with E-state index in [9.17, 15) is 14.4 Å². The van der Waals surface area contributed by atoms with E-state index in [2.05, 4.69) is 5.32 Å². The van der Waals surface area contributed by atoms with Crippen LogP contribution in [-0.4, -0.2) is 35.7 Å². The zero-order chi connectivity index (χ0) is 17.2. The molecule has 0 spiro atoms. The molecule has 0 aromatic heterocycles. The Balaban J connectivity index is 2.67. The molecule has 1 rings (SSSR count). The zero-order valence-electron chi connectivity index (χ0n) is 13.8. The van der Waals surface area contributed by atoms with Crippen molar-refractivity contribution in [3.05, 3.63) is 29.8 Å². The summed E-state index contributed by atoms with van der Waals surface area (Å²) in [6, 6.07) is 6.15. The summed E-state index contributed by atoms with van der Waals surface area (Å²) in [5.74, 6) is -2.15. The van der Waals surface area contributed by atoms with Gasteiger partial charge in [-0.1, -0.05) is 26.7 Å². The third-order valence-electron chi connectivity index (χ3n) is 3.44. The van der Waals surface area contributed by atoms with Gasteiger partial charge in [-0.3, -0.25) is 19.7 Å². The van der Waals surface area contributed by atoms with Crippen molar-refractivity contribution in [1.29, 1.82) is 0 Å². The molecule has 23 heavy (non-hydrogen) atoms. The standard InChI is InChI=1S/C17H25N3O3/c1-3-5-11-20(12-6-4-2)17(23)16(22)19-15(21)13-7-9-14(18)10-8-13/h7-10H,3-6,11-12,18H2,1-2H3,(H,19,21,22). The summed E-state index contributed by atoms with van der Waals surface area (Å²) in [5.41, 5.74) is 6.36. The van der Waals surface area contributed by atoms with Gasteiger partial charge in [0, 0.05) is 24.3 Å². The van der Waals surface area contributed by atoms with Crippen LogP contribution in [0.3, 0.4) is 0 Å². The molecule has 0 bridgehead atoms. The van der Waals surface area contributed by atoms with E-state index in [1.165, 1.54) is 17.0 Å². The molecular weight excluding hydrogens is 294 g/mol. The molecule has 3 N–H and O–H groups in total. The smallest absolute Gasteiger partial charge is 0.316 e. The molecular formula is C17H25N3O3. The van der Waals surface area contributed by atoms with Crippen LogP contribution in [0.5, 0.6) is 0 Å². The number of imide groups is 1. The molecule has 126 valence electrons. The quantitative estimate of drug-likeness (QED) is 0.593. The Labute approximate surface area is 137 Å². The van der Waals surface area contributed by atoms with Crippen LogP contribution in [0.4, 0.5) is 5.69 Å². The Hall–Kier alpha value is -2.37. The second-order valence-electron chi connectivity index (χ2n) is 5.40. The van der Waals surface area contributed by atoms with Crippen LogP contribution in [0, 0.1) is 0 Å². The third kappa shape index (κ3) is 6.10. The number of rotatable bonds is 7. The lowest BCUT2D eigenvalue weighted by Gasteiger charge is -2.21. The first-order valence-electron chi connectivity index (χ1n) is 7.99. The van der Waals surface area contributed by atoms with Crippen LogP contribution in [0.2, 0.25) is 0 Å². The summed E-state index contributed by atoms with van der Waals surface area (Å²) in [4.78, 5) is 37.7. The Kier molecular flexibility index (Phi) is 7.80. The number of carbonyl (C=O) groups is 3. The van der Waals surface area contributed by atoms with Crippen LogP contribution in [0.15, 0.2) is 24.3 Å². The summed E-state index contributed by atoms with van der Waals surface area (Å²) in [5, 5.41) is 2.14. The van der Waals surface area contributed by atoms with Gasteiger partial charge in [0.2, 0.25) is 0 Å². The van der Waals surface area contributed by atoms with Crippen LogP contribution in [-0.2, 0) is 9.59 Å². The average molecular weight is 319 g/mol. The first-order chi connectivity index (χ1) is 11.0. The molecule has 1 aromatic carbocycles. The molecule has 1 aromatic rings. The normalized spacial score (nSPS) is 10.2. The monoisotopic (exact) mass is 319 g/mol. The molecule has 0 aliphatic carbocycles. The number of anilines is 1. The molecule has 0 atom stereocenters. The maximum Gasteiger partial charge on any atom is 0.316 e. The van der Waals surface area contributed by atoms with E-state index in [4.69, 9.17) is 5.73 Å². The van der Waals surface area contributed by atoms with Crippen LogP contribution in [0.25, 0.3) is 0 Å². The van der Waals surface area contributed by atoms with Gasteiger partial charge in [-0.15, -0.1) is 0 Å². The Morgan fingerprint density at radius 3 is 2.00 bits per heavy atom. The highest BCUT2D eigenvalue weighted by atomic mass is 16.2. The summed E-state index contributed by atoms with van der Waals surface area (Å²) in [6.45, 7) is 5.10. The van der Waals surface area contributed by atoms with Crippen molar-refractivity contribution in [2.45, 2.75) is 39.5 Å². The summed E-state index contributed by atoms with van der Waals surface area (Å²) in [7, 11) is 0. The van der Waals surface area contributed by atoms with Crippen molar-refractivity contribution < 1.29 is 14.4 Å². The summed E-state index contributed by atoms with van der Waals surface area (Å²) < 4.78 is 0. The lowest BCUT2D eigenvalue weighted by molar-refractivity contribution is -0.145. The largest absolute Gasteiger partial charge is 0.399 e. The molecule has 0 aliphatic rings. The average Bonchev–Trinajstić information content (AvgIpc) is 2.55. The predicted molar refractivity (Wildman–Crippen MR) is 89.7 cm³/mol. The van der Waals surface area contributed by atoms with Gasteiger partial charge in [-0.2, -0.15) is 0 Å². The van der Waals surface area contributed by atoms with Gasteiger partial charge in [-0.05, 0) is 37.1 Å². The minimum atomic E-state index is -0.890. The van der Waals surface area contributed by atoms with Crippen molar-refractivity contribution in [3.8, 4) is 0 Å². The van der Waals surface area contributed by atoms with Crippen molar-refractivity contribution in [2.75, 3.05) is 18.8 Å². The lowest BCUT2D eigenvalue weighted by atomic mass is 10.2. The number of nitrogen functional groups attached to an aromatic ring is 1. The Morgan fingerprint density at radius 2 is 1.52 bits per heavy atom. The van der Waals surface area contributed by atoms with E-state index in [-0.39, 0.29) is 5.56 Å². The number of nitrogens with two attached hydrogens (primary N) is 1. The first kappa shape index (κ1) is 18.7. The highest BCUT2D eigenvalue weighted by molar-refractivity contribution is 6.38. The molecule has 3 amide bonds. The molecule has 0 fully saturated rings. The number of amides is 3. The molecule has 0 aliphatic heterocycles. The van der Waals surface area contributed by atoms with E-state index in [1.54, 1.807) is 12.1 Å². The number of carbonyl (C=O) groups excluding carboxylic acids is 3. The van der Waals surface area contributed by atoms with Crippen molar-refractivity contribution >= 4 is 23.4 Å². The highest BCUT2D eigenvalue weighted by Gasteiger charge is 2.23. The molecule has 6 nitrogen and oxygen atoms in total. The maximum absolute atomic E-state index is 12.2. The summed E-state index contributed by atoms with van der Waals surface area (Å²) >= 11 is 0. The lowest BCUT2D eigenvalue weighted by Crippen LogP contribution is -2.45. The minimum Gasteiger partial charge on any atom is -0.399 e. The van der Waals surface area contributed by atoms with Crippen molar-refractivity contribution in [1.82, 2.24) is 10.2 Å². The van der Waals surface area contributed by atoms with Gasteiger partial charge in [0.25, 0.3) is 5.91 Å². The fourth-order valence-electron chi connectivity index (χ4n) is 2.02. The van der Waals surface area contributed by atoms with E-state index >= 15 is 0 Å². The van der Waals surface area contributed by atoms with Crippen LogP contribution >= 0.6 is 0 Å². The number of nitrogens with one attached hydrogen (secondary N) is 1. The minimum absolute atomic E-state index is 0.286. The number of hydrogen-bond donors (Lipinski definition) is 2. The number of benzene rings is 1. The molecule has 6 heteroatoms. The summed E-state index contributed by atoms with van der Waals surface area (Å²) in [6.07, 6.45) is 3.52. The third-order valence-corrected chi connectivity index (χ3v) is 3.44. The van der Waals surface area contributed by atoms with Gasteiger partial charge in [-0.25, -0.2) is 0 Å². The topological polar surface area (TPSA) is 92.5 Å². The number of unbranched alkanes of at least 4 members (excludes halogenated alkanes) is 2. The van der Waals surface area contributed by atoms with Crippen LogP contribution in [0.1, 0.15) is 49.9 Å². The second kappa shape index (κ2) is 9.61. The van der Waals surface area contributed by atoms with Gasteiger partial charge < -0.3 is 10.6 Å².